The molecule has 108 valence electrons. The third-order valence-electron chi connectivity index (χ3n) is 3.24. The summed E-state index contributed by atoms with van der Waals surface area (Å²) < 4.78 is 25.8. The second kappa shape index (κ2) is 5.66. The molecule has 1 fully saturated rings. The fourth-order valence-corrected chi connectivity index (χ4v) is 2.24. The first kappa shape index (κ1) is 14.6. The van der Waals surface area contributed by atoms with Gasteiger partial charge in [0.25, 0.3) is 0 Å². The van der Waals surface area contributed by atoms with Crippen LogP contribution in [0.3, 0.4) is 0 Å². The lowest BCUT2D eigenvalue weighted by atomic mass is 10.2. The maximum absolute atomic E-state index is 13.1. The topological polar surface area (TPSA) is 49.4 Å². The van der Waals surface area contributed by atoms with Crippen LogP contribution in [0, 0.1) is 11.6 Å². The number of amides is 2. The van der Waals surface area contributed by atoms with Gasteiger partial charge in [-0.15, -0.1) is 0 Å². The molecule has 1 aliphatic heterocycles. The van der Waals surface area contributed by atoms with Gasteiger partial charge in [-0.05, 0) is 31.5 Å². The molecule has 0 radical (unpaired) electrons. The number of nitrogens with zero attached hydrogens (tertiary/aromatic N) is 1. The van der Waals surface area contributed by atoms with Crippen LogP contribution in [0.5, 0.6) is 0 Å². The molecule has 1 heterocycles. The Bertz CT molecular complexity index is 546. The zero-order valence-electron chi connectivity index (χ0n) is 11.3. The van der Waals surface area contributed by atoms with Crippen molar-refractivity contribution in [2.45, 2.75) is 38.9 Å². The third-order valence-corrected chi connectivity index (χ3v) is 3.24. The number of carbonyl (C=O) groups excluding carboxylic acids is 2. The van der Waals surface area contributed by atoms with E-state index < -0.39 is 17.7 Å². The molecule has 1 aliphatic rings. The normalized spacial score (nSPS) is 19.2. The lowest BCUT2D eigenvalue weighted by Gasteiger charge is -2.19. The summed E-state index contributed by atoms with van der Waals surface area (Å²) in [6, 6.07) is 2.77. The maximum atomic E-state index is 13.1. The number of nitrogens with one attached hydrogen (secondary N) is 1. The van der Waals surface area contributed by atoms with Crippen molar-refractivity contribution in [2.75, 3.05) is 0 Å². The minimum absolute atomic E-state index is 0.0979. The number of hydrogen-bond acceptors (Lipinski definition) is 3. The number of hydrogen-bond donors (Lipinski definition) is 1. The van der Waals surface area contributed by atoms with Gasteiger partial charge in [0.1, 0.15) is 0 Å². The van der Waals surface area contributed by atoms with E-state index in [4.69, 9.17) is 0 Å². The smallest absolute Gasteiger partial charge is 0.247 e. The molecule has 0 aromatic heterocycles. The first-order valence-electron chi connectivity index (χ1n) is 6.43. The second-order valence-electron chi connectivity index (χ2n) is 5.08. The van der Waals surface area contributed by atoms with E-state index in [2.05, 4.69) is 5.32 Å². The average Bonchev–Trinajstić information content (AvgIpc) is 2.66. The van der Waals surface area contributed by atoms with E-state index in [1.807, 2.05) is 0 Å². The SMILES string of the molecule is CC(C)N1C(=O)CC(NCc2ccc(F)c(F)c2)C1=O. The maximum Gasteiger partial charge on any atom is 0.247 e. The Morgan fingerprint density at radius 3 is 2.55 bits per heavy atom. The molecule has 1 aromatic carbocycles. The molecule has 0 spiro atoms. The number of rotatable bonds is 4. The van der Waals surface area contributed by atoms with Crippen molar-refractivity contribution in [3.05, 3.63) is 35.4 Å². The van der Waals surface area contributed by atoms with Gasteiger partial charge >= 0.3 is 0 Å². The van der Waals surface area contributed by atoms with Crippen LogP contribution in [0.15, 0.2) is 18.2 Å². The molecule has 1 N–H and O–H groups in total. The zero-order valence-corrected chi connectivity index (χ0v) is 11.3. The van der Waals surface area contributed by atoms with Gasteiger partial charge < -0.3 is 5.32 Å². The molecular weight excluding hydrogens is 266 g/mol. The Kier molecular flexibility index (Phi) is 4.13. The van der Waals surface area contributed by atoms with Crippen LogP contribution in [-0.4, -0.2) is 28.8 Å². The van der Waals surface area contributed by atoms with Crippen LogP contribution in [0.1, 0.15) is 25.8 Å². The number of imide groups is 1. The van der Waals surface area contributed by atoms with Gasteiger partial charge in [-0.2, -0.15) is 0 Å². The average molecular weight is 282 g/mol. The fraction of sp³-hybridized carbons (Fsp3) is 0.429. The molecule has 20 heavy (non-hydrogen) atoms. The van der Waals surface area contributed by atoms with Crippen LogP contribution >= 0.6 is 0 Å². The first-order chi connectivity index (χ1) is 9.40. The zero-order chi connectivity index (χ0) is 14.9. The van der Waals surface area contributed by atoms with E-state index in [1.54, 1.807) is 13.8 Å². The number of carbonyl (C=O) groups is 2. The molecule has 0 bridgehead atoms. The van der Waals surface area contributed by atoms with E-state index in [-0.39, 0.29) is 30.8 Å². The number of likely N-dealkylation sites (tertiary alicyclic amines) is 1. The van der Waals surface area contributed by atoms with Crippen molar-refractivity contribution in [3.8, 4) is 0 Å². The third kappa shape index (κ3) is 2.85. The van der Waals surface area contributed by atoms with Gasteiger partial charge in [0.15, 0.2) is 11.6 Å². The van der Waals surface area contributed by atoms with Gasteiger partial charge in [0.2, 0.25) is 11.8 Å². The van der Waals surface area contributed by atoms with Crippen LogP contribution in [0.25, 0.3) is 0 Å². The van der Waals surface area contributed by atoms with E-state index in [9.17, 15) is 18.4 Å². The van der Waals surface area contributed by atoms with Crippen LogP contribution in [0.2, 0.25) is 0 Å². The van der Waals surface area contributed by atoms with E-state index in [0.29, 0.717) is 5.56 Å². The summed E-state index contributed by atoms with van der Waals surface area (Å²) in [5.74, 6) is -2.32. The molecule has 6 heteroatoms. The van der Waals surface area contributed by atoms with Gasteiger partial charge in [-0.3, -0.25) is 14.5 Å². The first-order valence-corrected chi connectivity index (χ1v) is 6.43. The lowest BCUT2D eigenvalue weighted by Crippen LogP contribution is -2.41. The lowest BCUT2D eigenvalue weighted by molar-refractivity contribution is -0.140. The Balaban J connectivity index is 1.99. The van der Waals surface area contributed by atoms with Crippen molar-refractivity contribution < 1.29 is 18.4 Å². The van der Waals surface area contributed by atoms with Gasteiger partial charge in [0, 0.05) is 12.6 Å². The molecule has 0 aliphatic carbocycles. The Labute approximate surface area is 115 Å². The van der Waals surface area contributed by atoms with Crippen molar-refractivity contribution in [2.24, 2.45) is 0 Å². The molecule has 2 amide bonds. The van der Waals surface area contributed by atoms with E-state index >= 15 is 0 Å². The molecule has 4 nitrogen and oxygen atoms in total. The highest BCUT2D eigenvalue weighted by Crippen LogP contribution is 2.17. The highest BCUT2D eigenvalue weighted by atomic mass is 19.2. The molecule has 2 rings (SSSR count). The molecule has 0 saturated carbocycles. The van der Waals surface area contributed by atoms with Crippen LogP contribution in [0.4, 0.5) is 8.78 Å². The van der Waals surface area contributed by atoms with E-state index in [0.717, 1.165) is 12.1 Å². The van der Waals surface area contributed by atoms with Crippen molar-refractivity contribution in [1.82, 2.24) is 10.2 Å². The van der Waals surface area contributed by atoms with Gasteiger partial charge in [0.05, 0.1) is 12.5 Å². The predicted octanol–water partition coefficient (Wildman–Crippen LogP) is 1.59. The standard InChI is InChI=1S/C14H16F2N2O2/c1-8(2)18-13(19)6-12(14(18)20)17-7-9-3-4-10(15)11(16)5-9/h3-5,8,12,17H,6-7H2,1-2H3. The quantitative estimate of drug-likeness (QED) is 0.853. The van der Waals surface area contributed by atoms with Gasteiger partial charge in [-0.1, -0.05) is 6.07 Å². The summed E-state index contributed by atoms with van der Waals surface area (Å²) in [7, 11) is 0. The summed E-state index contributed by atoms with van der Waals surface area (Å²) >= 11 is 0. The molecule has 1 atom stereocenters. The molecule has 1 aromatic rings. The summed E-state index contributed by atoms with van der Waals surface area (Å²) in [4.78, 5) is 24.9. The van der Waals surface area contributed by atoms with Crippen LogP contribution < -0.4 is 5.32 Å². The van der Waals surface area contributed by atoms with Crippen LogP contribution in [-0.2, 0) is 16.1 Å². The minimum Gasteiger partial charge on any atom is -0.301 e. The largest absolute Gasteiger partial charge is 0.301 e. The van der Waals surface area contributed by atoms with Crippen molar-refractivity contribution >= 4 is 11.8 Å². The Morgan fingerprint density at radius 1 is 1.30 bits per heavy atom. The summed E-state index contributed by atoms with van der Waals surface area (Å²) in [5.41, 5.74) is 0.521. The number of benzene rings is 1. The van der Waals surface area contributed by atoms with Crippen molar-refractivity contribution in [1.29, 1.82) is 0 Å². The monoisotopic (exact) mass is 282 g/mol. The predicted molar refractivity (Wildman–Crippen MR) is 68.6 cm³/mol. The summed E-state index contributed by atoms with van der Waals surface area (Å²) in [6.45, 7) is 3.74. The Hall–Kier alpha value is -1.82. The summed E-state index contributed by atoms with van der Waals surface area (Å²) in [5, 5.41) is 2.91. The fourth-order valence-electron chi connectivity index (χ4n) is 2.24. The summed E-state index contributed by atoms with van der Waals surface area (Å²) in [6.07, 6.45) is 0.0979. The molecule has 1 saturated heterocycles. The van der Waals surface area contributed by atoms with E-state index in [1.165, 1.54) is 11.0 Å². The molecular formula is C14H16F2N2O2. The molecule has 1 unspecified atom stereocenters. The van der Waals surface area contributed by atoms with Gasteiger partial charge in [-0.25, -0.2) is 8.78 Å². The minimum atomic E-state index is -0.929. The Morgan fingerprint density at radius 2 is 2.00 bits per heavy atom. The highest BCUT2D eigenvalue weighted by Gasteiger charge is 2.39. The second-order valence-corrected chi connectivity index (χ2v) is 5.08. The van der Waals surface area contributed by atoms with Crippen molar-refractivity contribution in [3.63, 3.8) is 0 Å². The number of halogens is 2. The highest BCUT2D eigenvalue weighted by molar-refractivity contribution is 6.05.